The van der Waals surface area contributed by atoms with Gasteiger partial charge in [-0.3, -0.25) is 19.3 Å². The number of aromatic amines is 1. The largest absolute Gasteiger partial charge is 0.361 e. The number of imide groups is 1. The molecule has 0 atom stereocenters. The molecular formula is C23H20FN3O3S. The fourth-order valence-electron chi connectivity index (χ4n) is 3.41. The Morgan fingerprint density at radius 2 is 1.90 bits per heavy atom. The number of benzene rings is 2. The van der Waals surface area contributed by atoms with Crippen LogP contribution in [0.15, 0.2) is 59.6 Å². The lowest BCUT2D eigenvalue weighted by atomic mass is 10.1. The SMILES string of the molecule is O=C(CCc1c[nH]c2ccccc12)NCCN1C(=O)S/C(=C\c2ccccc2F)C1=O. The fourth-order valence-corrected chi connectivity index (χ4v) is 4.26. The lowest BCUT2D eigenvalue weighted by molar-refractivity contribution is -0.124. The number of hydrogen-bond acceptors (Lipinski definition) is 4. The molecule has 1 saturated heterocycles. The zero-order valence-corrected chi connectivity index (χ0v) is 17.4. The first-order valence-electron chi connectivity index (χ1n) is 9.84. The van der Waals surface area contributed by atoms with Gasteiger partial charge in [-0.15, -0.1) is 0 Å². The first-order chi connectivity index (χ1) is 15.0. The zero-order chi connectivity index (χ0) is 21.8. The minimum Gasteiger partial charge on any atom is -0.361 e. The summed E-state index contributed by atoms with van der Waals surface area (Å²) in [5.41, 5.74) is 2.34. The summed E-state index contributed by atoms with van der Waals surface area (Å²) in [5, 5.41) is 3.41. The van der Waals surface area contributed by atoms with E-state index in [9.17, 15) is 18.8 Å². The predicted octanol–water partition coefficient (Wildman–Crippen LogP) is 4.09. The van der Waals surface area contributed by atoms with Crippen LogP contribution in [-0.2, 0) is 16.0 Å². The summed E-state index contributed by atoms with van der Waals surface area (Å²) in [6.07, 6.45) is 4.17. The highest BCUT2D eigenvalue weighted by molar-refractivity contribution is 8.18. The van der Waals surface area contributed by atoms with Gasteiger partial charge >= 0.3 is 0 Å². The number of aromatic nitrogens is 1. The van der Waals surface area contributed by atoms with Crippen molar-refractivity contribution < 1.29 is 18.8 Å². The van der Waals surface area contributed by atoms with Gasteiger partial charge in [-0.2, -0.15) is 0 Å². The van der Waals surface area contributed by atoms with Gasteiger partial charge in [-0.1, -0.05) is 36.4 Å². The molecule has 0 spiro atoms. The van der Waals surface area contributed by atoms with E-state index in [1.807, 2.05) is 30.5 Å². The van der Waals surface area contributed by atoms with E-state index in [2.05, 4.69) is 10.3 Å². The molecule has 31 heavy (non-hydrogen) atoms. The van der Waals surface area contributed by atoms with Crippen LogP contribution < -0.4 is 5.32 Å². The van der Waals surface area contributed by atoms with Crippen LogP contribution in [0, 0.1) is 5.82 Å². The Morgan fingerprint density at radius 1 is 1.13 bits per heavy atom. The van der Waals surface area contributed by atoms with Crippen molar-refractivity contribution in [1.29, 1.82) is 0 Å². The number of rotatable bonds is 7. The minimum atomic E-state index is -0.480. The summed E-state index contributed by atoms with van der Waals surface area (Å²) in [4.78, 5) is 41.3. The molecule has 0 aliphatic carbocycles. The second kappa shape index (κ2) is 9.18. The molecule has 0 bridgehead atoms. The number of amides is 3. The number of carbonyl (C=O) groups excluding carboxylic acids is 3. The summed E-state index contributed by atoms with van der Waals surface area (Å²) < 4.78 is 13.8. The van der Waals surface area contributed by atoms with Gasteiger partial charge in [0.05, 0.1) is 4.91 Å². The number of halogens is 1. The molecule has 1 aliphatic heterocycles. The molecule has 2 heterocycles. The highest BCUT2D eigenvalue weighted by Crippen LogP contribution is 2.32. The highest BCUT2D eigenvalue weighted by Gasteiger charge is 2.34. The summed E-state index contributed by atoms with van der Waals surface area (Å²) in [6, 6.07) is 13.9. The normalized spacial score (nSPS) is 15.3. The zero-order valence-electron chi connectivity index (χ0n) is 16.6. The van der Waals surface area contributed by atoms with E-state index in [0.717, 1.165) is 33.1 Å². The van der Waals surface area contributed by atoms with E-state index < -0.39 is 17.0 Å². The Kier molecular flexibility index (Phi) is 6.18. The lowest BCUT2D eigenvalue weighted by Gasteiger charge is -2.13. The molecule has 1 aromatic heterocycles. The average molecular weight is 437 g/mol. The molecule has 3 amide bonds. The van der Waals surface area contributed by atoms with Gasteiger partial charge in [0.1, 0.15) is 5.82 Å². The smallest absolute Gasteiger partial charge is 0.293 e. The van der Waals surface area contributed by atoms with E-state index in [4.69, 9.17) is 0 Å². The van der Waals surface area contributed by atoms with Crippen LogP contribution in [0.3, 0.4) is 0 Å². The Balaban J connectivity index is 1.28. The summed E-state index contributed by atoms with van der Waals surface area (Å²) in [5.74, 6) is -1.10. The quantitative estimate of drug-likeness (QED) is 0.546. The van der Waals surface area contributed by atoms with Crippen molar-refractivity contribution in [1.82, 2.24) is 15.2 Å². The molecule has 1 aliphatic rings. The van der Waals surface area contributed by atoms with Gasteiger partial charge in [-0.05, 0) is 42.0 Å². The Labute approximate surface area is 182 Å². The van der Waals surface area contributed by atoms with Gasteiger partial charge in [0, 0.05) is 42.2 Å². The van der Waals surface area contributed by atoms with E-state index in [0.29, 0.717) is 12.8 Å². The van der Waals surface area contributed by atoms with Crippen LogP contribution in [0.4, 0.5) is 9.18 Å². The third kappa shape index (κ3) is 4.69. The van der Waals surface area contributed by atoms with Crippen LogP contribution in [0.2, 0.25) is 0 Å². The molecule has 2 N–H and O–H groups in total. The number of aryl methyl sites for hydroxylation is 1. The van der Waals surface area contributed by atoms with E-state index in [-0.39, 0.29) is 29.5 Å². The monoisotopic (exact) mass is 437 g/mol. The van der Waals surface area contributed by atoms with E-state index >= 15 is 0 Å². The minimum absolute atomic E-state index is 0.0676. The number of carbonyl (C=O) groups is 3. The first kappa shape index (κ1) is 20.9. The van der Waals surface area contributed by atoms with E-state index in [1.54, 1.807) is 12.1 Å². The van der Waals surface area contributed by atoms with Crippen molar-refractivity contribution in [2.24, 2.45) is 0 Å². The van der Waals surface area contributed by atoms with Gasteiger partial charge < -0.3 is 10.3 Å². The molecule has 3 aromatic rings. The van der Waals surface area contributed by atoms with Crippen LogP contribution in [0.5, 0.6) is 0 Å². The number of H-pyrrole nitrogens is 1. The number of nitrogens with one attached hydrogen (secondary N) is 2. The Bertz CT molecular complexity index is 1190. The second-order valence-corrected chi connectivity index (χ2v) is 8.06. The number of para-hydroxylation sites is 1. The topological polar surface area (TPSA) is 82.3 Å². The number of thioether (sulfide) groups is 1. The van der Waals surface area contributed by atoms with Crippen molar-refractivity contribution in [3.8, 4) is 0 Å². The molecular weight excluding hydrogens is 417 g/mol. The molecule has 2 aromatic carbocycles. The van der Waals surface area contributed by atoms with Crippen LogP contribution in [0.1, 0.15) is 17.5 Å². The molecule has 6 nitrogen and oxygen atoms in total. The summed E-state index contributed by atoms with van der Waals surface area (Å²) in [7, 11) is 0. The second-order valence-electron chi connectivity index (χ2n) is 7.06. The van der Waals surface area contributed by atoms with Crippen molar-refractivity contribution in [3.63, 3.8) is 0 Å². The highest BCUT2D eigenvalue weighted by atomic mass is 32.2. The van der Waals surface area contributed by atoms with Crippen molar-refractivity contribution >= 4 is 45.8 Å². The summed E-state index contributed by atoms with van der Waals surface area (Å²) in [6.45, 7) is 0.232. The van der Waals surface area contributed by atoms with E-state index in [1.165, 1.54) is 18.2 Å². The Hall–Kier alpha value is -3.39. The standard InChI is InChI=1S/C23H20FN3O3S/c24-18-7-3-1-5-15(18)13-20-22(29)27(23(30)31-20)12-11-25-21(28)10-9-16-14-26-19-8-4-2-6-17(16)19/h1-8,13-14,26H,9-12H2,(H,25,28)/b20-13-. The molecule has 8 heteroatoms. The first-order valence-corrected chi connectivity index (χ1v) is 10.7. The van der Waals surface area contributed by atoms with Gasteiger partial charge in [-0.25, -0.2) is 4.39 Å². The van der Waals surface area contributed by atoms with Gasteiger partial charge in [0.15, 0.2) is 0 Å². The predicted molar refractivity (Wildman–Crippen MR) is 119 cm³/mol. The molecule has 0 unspecified atom stereocenters. The van der Waals surface area contributed by atoms with Crippen LogP contribution in [0.25, 0.3) is 17.0 Å². The van der Waals surface area contributed by atoms with Crippen molar-refractivity contribution in [3.05, 3.63) is 76.6 Å². The third-order valence-corrected chi connectivity index (χ3v) is 5.93. The third-order valence-electron chi connectivity index (χ3n) is 5.02. The summed E-state index contributed by atoms with van der Waals surface area (Å²) >= 11 is 0.769. The lowest BCUT2D eigenvalue weighted by Crippen LogP contribution is -2.37. The fraction of sp³-hybridized carbons (Fsp3) is 0.174. The molecule has 158 valence electrons. The molecule has 1 fully saturated rings. The maximum Gasteiger partial charge on any atom is 0.293 e. The van der Waals surface area contributed by atoms with Crippen LogP contribution >= 0.6 is 11.8 Å². The maximum atomic E-state index is 13.8. The number of hydrogen-bond donors (Lipinski definition) is 2. The van der Waals surface area contributed by atoms with Gasteiger partial charge in [0.25, 0.3) is 11.1 Å². The number of nitrogens with zero attached hydrogens (tertiary/aromatic N) is 1. The molecule has 4 rings (SSSR count). The average Bonchev–Trinajstić information content (AvgIpc) is 3.29. The molecule has 0 saturated carbocycles. The van der Waals surface area contributed by atoms with Crippen molar-refractivity contribution in [2.45, 2.75) is 12.8 Å². The Morgan fingerprint density at radius 3 is 2.74 bits per heavy atom. The van der Waals surface area contributed by atoms with Crippen LogP contribution in [-0.4, -0.2) is 40.0 Å². The number of fused-ring (bicyclic) bond motifs is 1. The van der Waals surface area contributed by atoms with Gasteiger partial charge in [0.2, 0.25) is 5.91 Å². The van der Waals surface area contributed by atoms with Crippen molar-refractivity contribution in [2.75, 3.05) is 13.1 Å². The maximum absolute atomic E-state index is 13.8. The molecule has 0 radical (unpaired) electrons.